The van der Waals surface area contributed by atoms with Crippen molar-refractivity contribution in [3.05, 3.63) is 59.1 Å². The number of nitrogens with zero attached hydrogens (tertiary/aromatic N) is 1. The number of nitrogens with one attached hydrogen (secondary N) is 1. The average molecular weight is 389 g/mol. The topological polar surface area (TPSA) is 83.6 Å². The fourth-order valence-corrected chi connectivity index (χ4v) is 4.17. The number of hydrogen-bond donors (Lipinski definition) is 1. The first-order valence-electron chi connectivity index (χ1n) is 6.90. The summed E-state index contributed by atoms with van der Waals surface area (Å²) in [6.07, 6.45) is 0. The minimum Gasteiger partial charge on any atom is -0.226 e. The predicted octanol–water partition coefficient (Wildman–Crippen LogP) is 2.20. The van der Waals surface area contributed by atoms with Crippen LogP contribution in [-0.2, 0) is 19.9 Å². The molecule has 6 nitrogen and oxygen atoms in total. The standard InChI is InChI=1S/C15H17ClN2O4S2/c1-12-3-7-15(8-4-12)24(21,22)18(2)17-11-23(19,20)14-9-5-13(16)6-10-14/h3-10,17H,11H2,1-2H3. The van der Waals surface area contributed by atoms with Crippen LogP contribution in [0.15, 0.2) is 58.3 Å². The Kier molecular flexibility index (Phi) is 5.67. The molecule has 0 amide bonds. The van der Waals surface area contributed by atoms with Crippen molar-refractivity contribution in [1.29, 1.82) is 0 Å². The van der Waals surface area contributed by atoms with Crippen LogP contribution in [-0.4, -0.2) is 34.2 Å². The van der Waals surface area contributed by atoms with Crippen molar-refractivity contribution in [2.75, 3.05) is 12.9 Å². The van der Waals surface area contributed by atoms with E-state index in [0.29, 0.717) is 5.02 Å². The number of rotatable bonds is 6. The van der Waals surface area contributed by atoms with Crippen molar-refractivity contribution in [1.82, 2.24) is 9.84 Å². The summed E-state index contributed by atoms with van der Waals surface area (Å²) in [4.78, 5) is 0.132. The van der Waals surface area contributed by atoms with Gasteiger partial charge in [0.15, 0.2) is 9.84 Å². The van der Waals surface area contributed by atoms with Gasteiger partial charge in [0.2, 0.25) is 0 Å². The summed E-state index contributed by atoms with van der Waals surface area (Å²) in [6, 6.07) is 11.9. The van der Waals surface area contributed by atoms with Gasteiger partial charge in [0.25, 0.3) is 10.0 Å². The van der Waals surface area contributed by atoms with Gasteiger partial charge in [-0.2, -0.15) is 0 Å². The smallest absolute Gasteiger partial charge is 0.226 e. The number of halogens is 1. The maximum Gasteiger partial charge on any atom is 0.255 e. The van der Waals surface area contributed by atoms with Crippen LogP contribution < -0.4 is 5.43 Å². The van der Waals surface area contributed by atoms with E-state index in [-0.39, 0.29) is 9.79 Å². The SMILES string of the molecule is Cc1ccc(S(=O)(=O)N(C)NCS(=O)(=O)c2ccc(Cl)cc2)cc1. The third kappa shape index (κ3) is 4.34. The van der Waals surface area contributed by atoms with E-state index in [1.54, 1.807) is 12.1 Å². The maximum absolute atomic E-state index is 12.4. The normalized spacial score (nSPS) is 12.5. The molecule has 0 saturated carbocycles. The van der Waals surface area contributed by atoms with Gasteiger partial charge in [-0.25, -0.2) is 22.3 Å². The Morgan fingerprint density at radius 1 is 0.917 bits per heavy atom. The van der Waals surface area contributed by atoms with Crippen molar-refractivity contribution >= 4 is 31.5 Å². The molecule has 0 saturated heterocycles. The van der Waals surface area contributed by atoms with Crippen LogP contribution in [0.1, 0.15) is 5.56 Å². The Morgan fingerprint density at radius 3 is 1.96 bits per heavy atom. The molecule has 130 valence electrons. The molecule has 2 aromatic rings. The summed E-state index contributed by atoms with van der Waals surface area (Å²) in [6.45, 7) is 1.84. The maximum atomic E-state index is 12.4. The van der Waals surface area contributed by atoms with Crippen LogP contribution in [0.5, 0.6) is 0 Å². The van der Waals surface area contributed by atoms with Crippen LogP contribution in [0.4, 0.5) is 0 Å². The number of hydrogen-bond acceptors (Lipinski definition) is 5. The second kappa shape index (κ2) is 7.20. The van der Waals surface area contributed by atoms with Gasteiger partial charge < -0.3 is 0 Å². The summed E-state index contributed by atoms with van der Waals surface area (Å²) in [5, 5.41) is 0.418. The highest BCUT2D eigenvalue weighted by atomic mass is 35.5. The Bertz CT molecular complexity index is 909. The van der Waals surface area contributed by atoms with E-state index in [1.165, 1.54) is 43.4 Å². The second-order valence-electron chi connectivity index (χ2n) is 5.16. The molecule has 24 heavy (non-hydrogen) atoms. The van der Waals surface area contributed by atoms with Gasteiger partial charge in [-0.05, 0) is 43.3 Å². The first-order valence-corrected chi connectivity index (χ1v) is 10.4. The molecule has 0 atom stereocenters. The van der Waals surface area contributed by atoms with Gasteiger partial charge >= 0.3 is 0 Å². The van der Waals surface area contributed by atoms with Crippen LogP contribution in [0.3, 0.4) is 0 Å². The van der Waals surface area contributed by atoms with E-state index >= 15 is 0 Å². The highest BCUT2D eigenvalue weighted by molar-refractivity contribution is 7.91. The van der Waals surface area contributed by atoms with Gasteiger partial charge in [-0.15, -0.1) is 4.41 Å². The lowest BCUT2D eigenvalue weighted by Gasteiger charge is -2.18. The van der Waals surface area contributed by atoms with Gasteiger partial charge in [-0.3, -0.25) is 0 Å². The molecule has 0 radical (unpaired) electrons. The summed E-state index contributed by atoms with van der Waals surface area (Å²) in [5.74, 6) is -0.559. The number of sulfonamides is 1. The Morgan fingerprint density at radius 2 is 1.42 bits per heavy atom. The van der Waals surface area contributed by atoms with Crippen LogP contribution in [0.2, 0.25) is 5.02 Å². The van der Waals surface area contributed by atoms with Crippen molar-refractivity contribution < 1.29 is 16.8 Å². The zero-order valence-electron chi connectivity index (χ0n) is 13.1. The lowest BCUT2D eigenvalue weighted by molar-refractivity contribution is 0.391. The van der Waals surface area contributed by atoms with Gasteiger partial charge in [0.05, 0.1) is 9.79 Å². The molecule has 0 aliphatic heterocycles. The van der Waals surface area contributed by atoms with E-state index in [0.717, 1.165) is 9.98 Å². The molecule has 9 heteroatoms. The zero-order valence-corrected chi connectivity index (χ0v) is 15.5. The number of benzene rings is 2. The van der Waals surface area contributed by atoms with Crippen molar-refractivity contribution in [2.24, 2.45) is 0 Å². The van der Waals surface area contributed by atoms with E-state index in [9.17, 15) is 16.8 Å². The van der Waals surface area contributed by atoms with E-state index < -0.39 is 25.7 Å². The van der Waals surface area contributed by atoms with Crippen LogP contribution in [0, 0.1) is 6.92 Å². The third-order valence-electron chi connectivity index (χ3n) is 3.33. The largest absolute Gasteiger partial charge is 0.255 e. The minimum absolute atomic E-state index is 0.0560. The monoisotopic (exact) mass is 388 g/mol. The molecule has 2 aromatic carbocycles. The molecule has 0 bridgehead atoms. The summed E-state index contributed by atoms with van der Waals surface area (Å²) in [5.41, 5.74) is 3.34. The molecule has 0 aromatic heterocycles. The van der Waals surface area contributed by atoms with E-state index in [2.05, 4.69) is 5.43 Å². The lowest BCUT2D eigenvalue weighted by atomic mass is 10.2. The molecule has 0 aliphatic carbocycles. The van der Waals surface area contributed by atoms with Gasteiger partial charge in [-0.1, -0.05) is 29.3 Å². The summed E-state index contributed by atoms with van der Waals surface area (Å²) in [7, 11) is -6.27. The highest BCUT2D eigenvalue weighted by Gasteiger charge is 2.23. The first kappa shape index (κ1) is 18.9. The average Bonchev–Trinajstić information content (AvgIpc) is 2.53. The number of sulfone groups is 1. The quantitative estimate of drug-likeness (QED) is 0.767. The van der Waals surface area contributed by atoms with E-state index in [1.807, 2.05) is 6.92 Å². The van der Waals surface area contributed by atoms with Crippen molar-refractivity contribution in [3.8, 4) is 0 Å². The summed E-state index contributed by atoms with van der Waals surface area (Å²) < 4.78 is 50.0. The molecule has 0 aliphatic rings. The van der Waals surface area contributed by atoms with Crippen LogP contribution >= 0.6 is 11.6 Å². The number of hydrazine groups is 1. The van der Waals surface area contributed by atoms with Crippen molar-refractivity contribution in [2.45, 2.75) is 16.7 Å². The molecule has 1 N–H and O–H groups in total. The third-order valence-corrected chi connectivity index (χ3v) is 6.80. The van der Waals surface area contributed by atoms with Crippen molar-refractivity contribution in [3.63, 3.8) is 0 Å². The Balaban J connectivity index is 2.13. The fraction of sp³-hybridized carbons (Fsp3) is 0.200. The zero-order chi connectivity index (χ0) is 18.0. The van der Waals surface area contributed by atoms with E-state index in [4.69, 9.17) is 11.6 Å². The van der Waals surface area contributed by atoms with Gasteiger partial charge in [0, 0.05) is 12.1 Å². The molecular formula is C15H17ClN2O4S2. The molecular weight excluding hydrogens is 372 g/mol. The summed E-state index contributed by atoms with van der Waals surface area (Å²) >= 11 is 5.73. The molecule has 0 unspecified atom stereocenters. The Hall–Kier alpha value is -1.45. The molecule has 2 rings (SSSR count). The predicted molar refractivity (Wildman–Crippen MR) is 92.8 cm³/mol. The first-order chi connectivity index (χ1) is 11.1. The lowest BCUT2D eigenvalue weighted by Crippen LogP contribution is -2.42. The molecule has 0 fully saturated rings. The Labute approximate surface area is 147 Å². The number of aryl methyl sites for hydroxylation is 1. The second-order valence-corrected chi connectivity index (χ2v) is 9.55. The van der Waals surface area contributed by atoms with Gasteiger partial charge in [0.1, 0.15) is 5.88 Å². The molecule has 0 heterocycles. The highest BCUT2D eigenvalue weighted by Crippen LogP contribution is 2.16. The fourth-order valence-electron chi connectivity index (χ4n) is 1.85. The van der Waals surface area contributed by atoms with Crippen LogP contribution in [0.25, 0.3) is 0 Å². The molecule has 0 spiro atoms. The minimum atomic E-state index is -3.83.